The summed E-state index contributed by atoms with van der Waals surface area (Å²) in [6.45, 7) is 3.24. The van der Waals surface area contributed by atoms with E-state index in [1.165, 1.54) is 16.8 Å². The van der Waals surface area contributed by atoms with Crippen LogP contribution in [0.5, 0.6) is 5.75 Å². The third kappa shape index (κ3) is 3.85. The first-order chi connectivity index (χ1) is 12.8. The molecule has 0 saturated heterocycles. The molecule has 1 heterocycles. The summed E-state index contributed by atoms with van der Waals surface area (Å²) in [5.41, 5.74) is 1.50. The van der Waals surface area contributed by atoms with Crippen LogP contribution in [0.15, 0.2) is 59.5 Å². The maximum atomic E-state index is 12.8. The fourth-order valence-electron chi connectivity index (χ4n) is 2.72. The summed E-state index contributed by atoms with van der Waals surface area (Å²) in [5.74, 6) is -0.514. The van der Waals surface area contributed by atoms with Gasteiger partial charge < -0.3 is 9.50 Å². The molecule has 1 aromatic heterocycles. The average molecular weight is 385 g/mol. The second-order valence-electron chi connectivity index (χ2n) is 5.98. The molecule has 3 aromatic rings. The monoisotopic (exact) mass is 385 g/mol. The number of benzene rings is 2. The Morgan fingerprint density at radius 1 is 1.04 bits per heavy atom. The Morgan fingerprint density at radius 2 is 1.67 bits per heavy atom. The number of amides is 1. The molecule has 1 N–H and O–H groups in total. The molecule has 0 aliphatic heterocycles. The molecule has 0 saturated carbocycles. The molecule has 0 atom stereocenters. The van der Waals surface area contributed by atoms with Gasteiger partial charge in [0.2, 0.25) is 0 Å². The third-order valence-electron chi connectivity index (χ3n) is 4.06. The van der Waals surface area contributed by atoms with Gasteiger partial charge in [-0.3, -0.25) is 9.48 Å². The zero-order valence-electron chi connectivity index (χ0n) is 15.1. The van der Waals surface area contributed by atoms with Gasteiger partial charge in [-0.25, -0.2) is 0 Å². The summed E-state index contributed by atoms with van der Waals surface area (Å²) in [5, 5.41) is 6.83. The van der Waals surface area contributed by atoms with Crippen LogP contribution in [0.4, 0.5) is 5.69 Å². The first-order valence-corrected chi connectivity index (χ1v) is 9.60. The van der Waals surface area contributed by atoms with Crippen molar-refractivity contribution < 1.29 is 17.4 Å². The van der Waals surface area contributed by atoms with E-state index in [-0.39, 0.29) is 16.2 Å². The van der Waals surface area contributed by atoms with Gasteiger partial charge in [-0.15, -0.1) is 0 Å². The number of hydrogen-bond donors (Lipinski definition) is 1. The Labute approximate surface area is 157 Å². The summed E-state index contributed by atoms with van der Waals surface area (Å²) in [6, 6.07) is 15.1. The number of nitrogens with zero attached hydrogens (tertiary/aromatic N) is 2. The number of carbonyl (C=O) groups is 1. The number of hydrogen-bond acceptors (Lipinski definition) is 5. The van der Waals surface area contributed by atoms with Crippen molar-refractivity contribution in [1.82, 2.24) is 9.78 Å². The van der Waals surface area contributed by atoms with Gasteiger partial charge in [0.25, 0.3) is 5.91 Å². The van der Waals surface area contributed by atoms with Gasteiger partial charge in [0.05, 0.1) is 17.0 Å². The van der Waals surface area contributed by atoms with Gasteiger partial charge in [-0.05, 0) is 38.1 Å². The van der Waals surface area contributed by atoms with Gasteiger partial charge in [-0.1, -0.05) is 30.3 Å². The molecule has 7 nitrogen and oxygen atoms in total. The van der Waals surface area contributed by atoms with E-state index >= 15 is 0 Å². The summed E-state index contributed by atoms with van der Waals surface area (Å²) < 4.78 is 32.3. The quantitative estimate of drug-likeness (QED) is 0.682. The Kier molecular flexibility index (Phi) is 5.00. The summed E-state index contributed by atoms with van der Waals surface area (Å²) in [7, 11) is -2.49. The van der Waals surface area contributed by atoms with Crippen LogP contribution in [-0.4, -0.2) is 24.1 Å². The lowest BCUT2D eigenvalue weighted by atomic mass is 10.2. The SMILES string of the molecule is Cc1nn(C)c(C)c1S(=O)(=O)Oc1ccccc1C(=O)Nc1ccccc1. The van der Waals surface area contributed by atoms with Crippen molar-refractivity contribution in [2.45, 2.75) is 18.7 Å². The van der Waals surface area contributed by atoms with Crippen LogP contribution in [0.3, 0.4) is 0 Å². The molecular formula is C19H19N3O4S. The Balaban J connectivity index is 1.93. The molecule has 2 aromatic carbocycles. The van der Waals surface area contributed by atoms with Crippen LogP contribution in [0.2, 0.25) is 0 Å². The fraction of sp³-hybridized carbons (Fsp3) is 0.158. The highest BCUT2D eigenvalue weighted by atomic mass is 32.2. The summed E-state index contributed by atoms with van der Waals surface area (Å²) in [6.07, 6.45) is 0. The van der Waals surface area contributed by atoms with Crippen LogP contribution < -0.4 is 9.50 Å². The minimum absolute atomic E-state index is 0.00303. The molecule has 0 aliphatic rings. The normalized spacial score (nSPS) is 11.2. The van der Waals surface area contributed by atoms with Crippen LogP contribution in [0, 0.1) is 13.8 Å². The van der Waals surface area contributed by atoms with E-state index < -0.39 is 16.0 Å². The zero-order chi connectivity index (χ0) is 19.6. The maximum absolute atomic E-state index is 12.8. The molecule has 0 unspecified atom stereocenters. The van der Waals surface area contributed by atoms with Crippen LogP contribution in [0.25, 0.3) is 0 Å². The number of rotatable bonds is 5. The van der Waals surface area contributed by atoms with Crippen molar-refractivity contribution in [3.63, 3.8) is 0 Å². The molecule has 0 radical (unpaired) electrons. The second kappa shape index (κ2) is 7.24. The lowest BCUT2D eigenvalue weighted by molar-refractivity contribution is 0.102. The van der Waals surface area contributed by atoms with E-state index in [0.717, 1.165) is 0 Å². The summed E-state index contributed by atoms with van der Waals surface area (Å²) >= 11 is 0. The topological polar surface area (TPSA) is 90.3 Å². The van der Waals surface area contributed by atoms with E-state index in [1.54, 1.807) is 57.3 Å². The molecule has 0 aliphatic carbocycles. The number of nitrogens with one attached hydrogen (secondary N) is 1. The summed E-state index contributed by atoms with van der Waals surface area (Å²) in [4.78, 5) is 12.6. The van der Waals surface area contributed by atoms with Crippen molar-refractivity contribution in [3.05, 3.63) is 71.5 Å². The van der Waals surface area contributed by atoms with Gasteiger partial charge in [-0.2, -0.15) is 13.5 Å². The Hall–Kier alpha value is -3.13. The molecule has 3 rings (SSSR count). The molecule has 8 heteroatoms. The van der Waals surface area contributed by atoms with E-state index in [1.807, 2.05) is 6.07 Å². The number of anilines is 1. The number of carbonyl (C=O) groups excluding carboxylic acids is 1. The second-order valence-corrected chi connectivity index (χ2v) is 7.46. The number of aryl methyl sites for hydroxylation is 2. The predicted molar refractivity (Wildman–Crippen MR) is 101 cm³/mol. The predicted octanol–water partition coefficient (Wildman–Crippen LogP) is 3.06. The average Bonchev–Trinajstić information content (AvgIpc) is 2.88. The highest BCUT2D eigenvalue weighted by Gasteiger charge is 2.27. The van der Waals surface area contributed by atoms with Gasteiger partial charge in [0.15, 0.2) is 5.75 Å². The molecule has 0 fully saturated rings. The fourth-order valence-corrected chi connectivity index (χ4v) is 4.08. The molecule has 0 spiro atoms. The van der Waals surface area contributed by atoms with E-state index in [9.17, 15) is 13.2 Å². The molecular weight excluding hydrogens is 366 g/mol. The minimum atomic E-state index is -4.15. The number of para-hydroxylation sites is 2. The highest BCUT2D eigenvalue weighted by molar-refractivity contribution is 7.87. The van der Waals surface area contributed by atoms with Crippen molar-refractivity contribution in [3.8, 4) is 5.75 Å². The van der Waals surface area contributed by atoms with Gasteiger partial charge in [0.1, 0.15) is 4.90 Å². The number of aromatic nitrogens is 2. The van der Waals surface area contributed by atoms with E-state index in [2.05, 4.69) is 10.4 Å². The zero-order valence-corrected chi connectivity index (χ0v) is 15.9. The van der Waals surface area contributed by atoms with Crippen molar-refractivity contribution in [2.75, 3.05) is 5.32 Å². The van der Waals surface area contributed by atoms with Crippen LogP contribution >= 0.6 is 0 Å². The minimum Gasteiger partial charge on any atom is -0.378 e. The Bertz CT molecular complexity index is 1090. The third-order valence-corrected chi connectivity index (χ3v) is 5.55. The highest BCUT2D eigenvalue weighted by Crippen LogP contribution is 2.27. The lowest BCUT2D eigenvalue weighted by Gasteiger charge is -2.12. The van der Waals surface area contributed by atoms with Crippen molar-refractivity contribution in [1.29, 1.82) is 0 Å². The van der Waals surface area contributed by atoms with Crippen LogP contribution in [-0.2, 0) is 17.2 Å². The lowest BCUT2D eigenvalue weighted by Crippen LogP contribution is -2.17. The Morgan fingerprint density at radius 3 is 2.30 bits per heavy atom. The van der Waals surface area contributed by atoms with Crippen molar-refractivity contribution in [2.24, 2.45) is 7.05 Å². The smallest absolute Gasteiger partial charge is 0.342 e. The van der Waals surface area contributed by atoms with Gasteiger partial charge in [0, 0.05) is 12.7 Å². The molecule has 140 valence electrons. The first-order valence-electron chi connectivity index (χ1n) is 8.19. The van der Waals surface area contributed by atoms with Crippen molar-refractivity contribution >= 4 is 21.7 Å². The standard InChI is InChI=1S/C19H19N3O4S/c1-13-18(14(2)22(3)21-13)27(24,25)26-17-12-8-7-11-16(17)19(23)20-15-9-5-4-6-10-15/h4-12H,1-3H3,(H,20,23). The molecule has 0 bridgehead atoms. The first kappa shape index (κ1) is 18.7. The van der Waals surface area contributed by atoms with E-state index in [4.69, 9.17) is 4.18 Å². The van der Waals surface area contributed by atoms with Crippen LogP contribution in [0.1, 0.15) is 21.7 Å². The van der Waals surface area contributed by atoms with Gasteiger partial charge >= 0.3 is 10.1 Å². The molecule has 1 amide bonds. The largest absolute Gasteiger partial charge is 0.378 e. The maximum Gasteiger partial charge on any atom is 0.342 e. The van der Waals surface area contributed by atoms with E-state index in [0.29, 0.717) is 17.1 Å². The molecule has 27 heavy (non-hydrogen) atoms.